The predicted molar refractivity (Wildman–Crippen MR) is 195 cm³/mol. The summed E-state index contributed by atoms with van der Waals surface area (Å²) >= 11 is 13.8. The van der Waals surface area contributed by atoms with Crippen LogP contribution in [0.5, 0.6) is 5.75 Å². The number of piperidine rings is 1. The van der Waals surface area contributed by atoms with Gasteiger partial charge in [0.2, 0.25) is 0 Å². The number of methoxy groups -OCH3 is 1. The van der Waals surface area contributed by atoms with Crippen LogP contribution in [0.15, 0.2) is 54.7 Å². The van der Waals surface area contributed by atoms with Gasteiger partial charge in [-0.3, -0.25) is 24.3 Å². The fourth-order valence-electron chi connectivity index (χ4n) is 7.38. The lowest BCUT2D eigenvalue weighted by molar-refractivity contribution is 0.102. The van der Waals surface area contributed by atoms with E-state index in [4.69, 9.17) is 27.9 Å². The van der Waals surface area contributed by atoms with E-state index in [-0.39, 0.29) is 23.7 Å². The zero-order chi connectivity index (χ0) is 34.8. The Kier molecular flexibility index (Phi) is 10.5. The monoisotopic (exact) mass is 718 g/mol. The lowest BCUT2D eigenvalue weighted by atomic mass is 9.99. The van der Waals surface area contributed by atoms with Gasteiger partial charge in [-0.1, -0.05) is 60.0 Å². The summed E-state index contributed by atoms with van der Waals surface area (Å²) in [6.07, 6.45) is 9.12. The Labute approximate surface area is 301 Å². The summed E-state index contributed by atoms with van der Waals surface area (Å²) in [5.74, 6) is -0.397. The highest BCUT2D eigenvalue weighted by atomic mass is 35.5. The molecule has 3 aliphatic rings. The number of halogens is 3. The number of hydrogen-bond donors (Lipinski definition) is 2. The van der Waals surface area contributed by atoms with E-state index in [2.05, 4.69) is 25.2 Å². The number of pyridine rings is 1. The maximum Gasteiger partial charge on any atom is 0.276 e. The highest BCUT2D eigenvalue weighted by Gasteiger charge is 2.30. The zero-order valence-electron chi connectivity index (χ0n) is 28.0. The molecule has 2 aromatic heterocycles. The molecule has 12 heteroatoms. The highest BCUT2D eigenvalue weighted by Crippen LogP contribution is 2.40. The van der Waals surface area contributed by atoms with E-state index in [0.29, 0.717) is 57.0 Å². The first-order valence-corrected chi connectivity index (χ1v) is 18.1. The largest absolute Gasteiger partial charge is 0.496 e. The fraction of sp³-hybridized carbons (Fsp3) is 0.395. The number of aromatic nitrogens is 3. The van der Waals surface area contributed by atoms with Crippen molar-refractivity contribution in [1.29, 1.82) is 0 Å². The normalized spacial score (nSPS) is 20.1. The third-order valence-corrected chi connectivity index (χ3v) is 10.8. The SMILES string of the molecule is COc1cc(/C(F)=C/c2cccc(-c3cccc(NC(=O)c4cc5n(n4)CCC[C@H]5N4CCCCC4)c3Cl)c2Cl)ncc1CN1CC[C@@H](O)C1. The number of fused-ring (bicyclic) bond motifs is 1. The van der Waals surface area contributed by atoms with Crippen LogP contribution in [0, 0.1) is 0 Å². The van der Waals surface area contributed by atoms with E-state index in [1.54, 1.807) is 42.6 Å². The van der Waals surface area contributed by atoms with Gasteiger partial charge in [-0.2, -0.15) is 5.10 Å². The van der Waals surface area contributed by atoms with Crippen LogP contribution in [0.3, 0.4) is 0 Å². The molecule has 0 radical (unpaired) electrons. The number of aryl methyl sites for hydroxylation is 1. The van der Waals surface area contributed by atoms with Crippen LogP contribution in [-0.2, 0) is 13.1 Å². The summed E-state index contributed by atoms with van der Waals surface area (Å²) in [5, 5.41) is 18.1. The van der Waals surface area contributed by atoms with E-state index < -0.39 is 5.83 Å². The standard InChI is InChI=1S/C38H41Cl2FN6O3/c1-50-35-20-31(42-21-25(35)22-45-17-13-26(48)23-45)29(41)18-24-8-5-9-27(36(24)39)28-10-6-11-30(37(28)40)43-38(49)32-19-34-33(12-7-16-47(34)44-32)46-14-3-2-4-15-46/h5-6,8-11,18-21,26,33,48H,2-4,7,12-17,22-23H2,1H3,(H,43,49)/b29-18-/t26-,33-/m1/s1. The van der Waals surface area contributed by atoms with Crippen LogP contribution in [0.2, 0.25) is 10.0 Å². The number of nitrogens with zero attached hydrogens (tertiary/aromatic N) is 5. The second-order valence-electron chi connectivity index (χ2n) is 13.3. The van der Waals surface area contributed by atoms with E-state index in [0.717, 1.165) is 56.7 Å². The van der Waals surface area contributed by atoms with Gasteiger partial charge in [0.1, 0.15) is 17.3 Å². The van der Waals surface area contributed by atoms with Crippen molar-refractivity contribution in [2.24, 2.45) is 0 Å². The van der Waals surface area contributed by atoms with E-state index in [9.17, 15) is 9.90 Å². The van der Waals surface area contributed by atoms with E-state index in [1.165, 1.54) is 32.4 Å². The number of amides is 1. The molecule has 0 aliphatic carbocycles. The summed E-state index contributed by atoms with van der Waals surface area (Å²) in [6, 6.07) is 14.4. The molecule has 2 saturated heterocycles. The molecule has 50 heavy (non-hydrogen) atoms. The average molecular weight is 720 g/mol. The molecule has 7 rings (SSSR count). The molecule has 9 nitrogen and oxygen atoms in total. The minimum atomic E-state index is -0.581. The average Bonchev–Trinajstić information content (AvgIpc) is 3.76. The minimum Gasteiger partial charge on any atom is -0.496 e. The maximum absolute atomic E-state index is 15.7. The van der Waals surface area contributed by atoms with Gasteiger partial charge in [-0.25, -0.2) is 4.39 Å². The van der Waals surface area contributed by atoms with Crippen molar-refractivity contribution >= 4 is 46.7 Å². The number of β-amino-alcohol motifs (C(OH)–C–C–N with tert-alkyl or cyclic N) is 1. The zero-order valence-corrected chi connectivity index (χ0v) is 29.6. The van der Waals surface area contributed by atoms with E-state index >= 15 is 4.39 Å². The van der Waals surface area contributed by atoms with Crippen LogP contribution >= 0.6 is 23.2 Å². The smallest absolute Gasteiger partial charge is 0.276 e. The summed E-state index contributed by atoms with van der Waals surface area (Å²) in [7, 11) is 1.54. The van der Waals surface area contributed by atoms with Gasteiger partial charge in [-0.05, 0) is 69.0 Å². The molecule has 2 N–H and O–H groups in total. The van der Waals surface area contributed by atoms with Crippen LogP contribution in [0.1, 0.15) is 77.6 Å². The number of ether oxygens (including phenoxy) is 1. The van der Waals surface area contributed by atoms with Gasteiger partial charge in [0.05, 0.1) is 40.7 Å². The lowest BCUT2D eigenvalue weighted by Crippen LogP contribution is -2.36. The van der Waals surface area contributed by atoms with E-state index in [1.807, 2.05) is 16.8 Å². The number of aliphatic hydroxyl groups excluding tert-OH is 1. The molecule has 0 unspecified atom stereocenters. The summed E-state index contributed by atoms with van der Waals surface area (Å²) in [4.78, 5) is 22.5. The second kappa shape index (κ2) is 15.2. The number of likely N-dealkylation sites (tertiary alicyclic amines) is 2. The molecule has 2 fully saturated rings. The molecule has 5 heterocycles. The second-order valence-corrected chi connectivity index (χ2v) is 14.1. The van der Waals surface area contributed by atoms with Crippen molar-refractivity contribution < 1.29 is 19.0 Å². The Hall–Kier alpha value is -3.80. The number of aliphatic hydroxyl groups is 1. The Balaban J connectivity index is 1.10. The van der Waals surface area contributed by atoms with Crippen LogP contribution in [0.25, 0.3) is 23.0 Å². The number of carbonyl (C=O) groups is 1. The van der Waals surface area contributed by atoms with Gasteiger partial charge in [-0.15, -0.1) is 0 Å². The first-order valence-electron chi connectivity index (χ1n) is 17.3. The summed E-state index contributed by atoms with van der Waals surface area (Å²) < 4.78 is 23.2. The van der Waals surface area contributed by atoms with Crippen molar-refractivity contribution in [2.75, 3.05) is 38.6 Å². The third kappa shape index (κ3) is 7.31. The molecular weight excluding hydrogens is 678 g/mol. The molecule has 0 spiro atoms. The Bertz CT molecular complexity index is 1910. The van der Waals surface area contributed by atoms with Crippen molar-refractivity contribution in [3.8, 4) is 16.9 Å². The van der Waals surface area contributed by atoms with Crippen LogP contribution < -0.4 is 10.1 Å². The molecule has 3 aliphatic heterocycles. The van der Waals surface area contributed by atoms with Crippen molar-refractivity contribution in [3.05, 3.63) is 93.0 Å². The summed E-state index contributed by atoms with van der Waals surface area (Å²) in [6.45, 7) is 4.87. The predicted octanol–water partition coefficient (Wildman–Crippen LogP) is 7.87. The molecule has 4 aromatic rings. The first kappa shape index (κ1) is 34.6. The molecule has 262 valence electrons. The number of anilines is 1. The first-order chi connectivity index (χ1) is 24.3. The number of benzene rings is 2. The molecular formula is C38H41Cl2FN6O3. The fourth-order valence-corrected chi connectivity index (χ4v) is 7.93. The van der Waals surface area contributed by atoms with Crippen molar-refractivity contribution in [3.63, 3.8) is 0 Å². The number of nitrogens with one attached hydrogen (secondary N) is 1. The Morgan fingerprint density at radius 2 is 1.78 bits per heavy atom. The number of rotatable bonds is 9. The molecule has 2 aromatic carbocycles. The number of carbonyl (C=O) groups excluding carboxylic acids is 1. The van der Waals surface area contributed by atoms with Gasteiger partial charge in [0.25, 0.3) is 5.91 Å². The molecule has 0 bridgehead atoms. The van der Waals surface area contributed by atoms with Gasteiger partial charge in [0.15, 0.2) is 5.69 Å². The number of hydrogen-bond acceptors (Lipinski definition) is 7. The highest BCUT2D eigenvalue weighted by molar-refractivity contribution is 6.39. The lowest BCUT2D eigenvalue weighted by Gasteiger charge is -2.36. The molecule has 1 amide bonds. The third-order valence-electron chi connectivity index (χ3n) is 9.96. The van der Waals surface area contributed by atoms with Crippen LogP contribution in [0.4, 0.5) is 10.1 Å². The van der Waals surface area contributed by atoms with Crippen molar-refractivity contribution in [2.45, 2.75) is 63.8 Å². The Morgan fingerprint density at radius 3 is 2.54 bits per heavy atom. The minimum absolute atomic E-state index is 0.111. The Morgan fingerprint density at radius 1 is 1.00 bits per heavy atom. The maximum atomic E-state index is 15.7. The van der Waals surface area contributed by atoms with Gasteiger partial charge >= 0.3 is 0 Å². The van der Waals surface area contributed by atoms with Gasteiger partial charge in [0, 0.05) is 55.1 Å². The van der Waals surface area contributed by atoms with Crippen LogP contribution in [-0.4, -0.2) is 75.0 Å². The molecule has 2 atom stereocenters. The van der Waals surface area contributed by atoms with Gasteiger partial charge < -0.3 is 15.2 Å². The topological polar surface area (TPSA) is 95.8 Å². The molecule has 0 saturated carbocycles. The quantitative estimate of drug-likeness (QED) is 0.182. The van der Waals surface area contributed by atoms with Crippen molar-refractivity contribution in [1.82, 2.24) is 24.6 Å². The summed E-state index contributed by atoms with van der Waals surface area (Å²) in [5.41, 5.74) is 4.43.